The summed E-state index contributed by atoms with van der Waals surface area (Å²) in [5, 5.41) is 3.10. The van der Waals surface area contributed by atoms with E-state index in [0.29, 0.717) is 6.04 Å². The van der Waals surface area contributed by atoms with Gasteiger partial charge in [0.2, 0.25) is 5.91 Å². The van der Waals surface area contributed by atoms with Gasteiger partial charge in [-0.2, -0.15) is 0 Å². The van der Waals surface area contributed by atoms with E-state index in [-0.39, 0.29) is 30.3 Å². The predicted molar refractivity (Wildman–Crippen MR) is 80.2 cm³/mol. The average Bonchev–Trinajstić information content (AvgIpc) is 2.40. The van der Waals surface area contributed by atoms with Crippen molar-refractivity contribution < 1.29 is 4.79 Å². The highest BCUT2D eigenvalue weighted by Gasteiger charge is 2.25. The summed E-state index contributed by atoms with van der Waals surface area (Å²) in [7, 11) is 0. The number of rotatable bonds is 3. The van der Waals surface area contributed by atoms with Gasteiger partial charge in [-0.25, -0.2) is 0 Å². The molecule has 0 heterocycles. The summed E-state index contributed by atoms with van der Waals surface area (Å²) in [6, 6.07) is 10.4. The molecule has 0 aliphatic heterocycles. The van der Waals surface area contributed by atoms with E-state index in [1.165, 1.54) is 0 Å². The van der Waals surface area contributed by atoms with Gasteiger partial charge in [-0.05, 0) is 38.2 Å². The standard InChI is InChI=1S/C15H22N2O.ClH/c1-11(12-5-3-2-4-6-12)17-15(18)13-7-9-14(16)10-8-13;/h2-6,11,13-14H,7-10,16H2,1H3,(H,17,18);1H/t11-,13?,14?;/m1./s1. The lowest BCUT2D eigenvalue weighted by molar-refractivity contribution is -0.126. The van der Waals surface area contributed by atoms with Gasteiger partial charge in [-0.3, -0.25) is 4.79 Å². The molecule has 1 saturated carbocycles. The van der Waals surface area contributed by atoms with E-state index in [2.05, 4.69) is 5.32 Å². The van der Waals surface area contributed by atoms with Crippen molar-refractivity contribution in [2.75, 3.05) is 0 Å². The minimum atomic E-state index is 0. The Balaban J connectivity index is 0.00000180. The quantitative estimate of drug-likeness (QED) is 0.896. The zero-order valence-corrected chi connectivity index (χ0v) is 12.2. The second-order valence-electron chi connectivity index (χ2n) is 5.25. The molecular weight excluding hydrogens is 260 g/mol. The molecule has 2 rings (SSSR count). The fourth-order valence-corrected chi connectivity index (χ4v) is 2.54. The highest BCUT2D eigenvalue weighted by atomic mass is 35.5. The molecule has 1 aliphatic carbocycles. The first-order chi connectivity index (χ1) is 8.66. The second-order valence-corrected chi connectivity index (χ2v) is 5.25. The number of carbonyl (C=O) groups is 1. The predicted octanol–water partition coefficient (Wildman–Crippen LogP) is 2.80. The van der Waals surface area contributed by atoms with Crippen LogP contribution in [0, 0.1) is 5.92 Å². The molecular formula is C15H23ClN2O. The summed E-state index contributed by atoms with van der Waals surface area (Å²) in [4.78, 5) is 12.1. The van der Waals surface area contributed by atoms with Crippen molar-refractivity contribution in [3.63, 3.8) is 0 Å². The molecule has 1 aliphatic rings. The summed E-state index contributed by atoms with van der Waals surface area (Å²) in [6.07, 6.45) is 3.79. The molecule has 4 heteroatoms. The molecule has 3 nitrogen and oxygen atoms in total. The van der Waals surface area contributed by atoms with Crippen molar-refractivity contribution in [1.29, 1.82) is 0 Å². The van der Waals surface area contributed by atoms with E-state index in [0.717, 1.165) is 31.2 Å². The van der Waals surface area contributed by atoms with Gasteiger partial charge >= 0.3 is 0 Å². The third-order valence-electron chi connectivity index (χ3n) is 3.80. The lowest BCUT2D eigenvalue weighted by atomic mass is 9.85. The largest absolute Gasteiger partial charge is 0.349 e. The zero-order chi connectivity index (χ0) is 13.0. The fourth-order valence-electron chi connectivity index (χ4n) is 2.54. The molecule has 1 amide bonds. The zero-order valence-electron chi connectivity index (χ0n) is 11.3. The van der Waals surface area contributed by atoms with Gasteiger partial charge < -0.3 is 11.1 Å². The molecule has 1 aromatic rings. The first kappa shape index (κ1) is 16.0. The van der Waals surface area contributed by atoms with Crippen LogP contribution in [0.15, 0.2) is 30.3 Å². The Morgan fingerprint density at radius 1 is 1.21 bits per heavy atom. The Bertz CT molecular complexity index is 388. The molecule has 0 saturated heterocycles. The number of carbonyl (C=O) groups excluding carboxylic acids is 1. The molecule has 3 N–H and O–H groups in total. The van der Waals surface area contributed by atoms with Crippen LogP contribution in [0.2, 0.25) is 0 Å². The normalized spacial score (nSPS) is 24.1. The second kappa shape index (κ2) is 7.51. The number of hydrogen-bond donors (Lipinski definition) is 2. The smallest absolute Gasteiger partial charge is 0.223 e. The lowest BCUT2D eigenvalue weighted by Gasteiger charge is -2.26. The van der Waals surface area contributed by atoms with Crippen LogP contribution in [-0.2, 0) is 4.79 Å². The van der Waals surface area contributed by atoms with Crippen molar-refractivity contribution >= 4 is 18.3 Å². The maximum Gasteiger partial charge on any atom is 0.223 e. The first-order valence-electron chi connectivity index (χ1n) is 6.77. The number of nitrogens with one attached hydrogen (secondary N) is 1. The molecule has 0 aromatic heterocycles. The van der Waals surface area contributed by atoms with E-state index >= 15 is 0 Å². The Morgan fingerprint density at radius 3 is 2.37 bits per heavy atom. The molecule has 19 heavy (non-hydrogen) atoms. The summed E-state index contributed by atoms with van der Waals surface area (Å²) >= 11 is 0. The van der Waals surface area contributed by atoms with Gasteiger partial charge in [0.25, 0.3) is 0 Å². The van der Waals surface area contributed by atoms with Crippen molar-refractivity contribution in [2.45, 2.75) is 44.7 Å². The van der Waals surface area contributed by atoms with Crippen molar-refractivity contribution in [3.8, 4) is 0 Å². The van der Waals surface area contributed by atoms with Gasteiger partial charge in [-0.15, -0.1) is 12.4 Å². The number of halogens is 1. The Hall–Kier alpha value is -1.06. The Labute approximate surface area is 121 Å². The fraction of sp³-hybridized carbons (Fsp3) is 0.533. The van der Waals surface area contributed by atoms with Crippen LogP contribution < -0.4 is 11.1 Å². The lowest BCUT2D eigenvalue weighted by Crippen LogP contribution is -2.37. The van der Waals surface area contributed by atoms with E-state index in [1.54, 1.807) is 0 Å². The van der Waals surface area contributed by atoms with Crippen LogP contribution in [0.25, 0.3) is 0 Å². The highest BCUT2D eigenvalue weighted by molar-refractivity contribution is 5.85. The van der Waals surface area contributed by atoms with Crippen LogP contribution in [0.5, 0.6) is 0 Å². The Morgan fingerprint density at radius 2 is 1.79 bits per heavy atom. The molecule has 1 fully saturated rings. The van der Waals surface area contributed by atoms with Crippen LogP contribution >= 0.6 is 12.4 Å². The third kappa shape index (κ3) is 4.51. The maximum absolute atomic E-state index is 12.1. The summed E-state index contributed by atoms with van der Waals surface area (Å²) < 4.78 is 0. The van der Waals surface area contributed by atoms with Crippen LogP contribution in [0.1, 0.15) is 44.2 Å². The molecule has 0 unspecified atom stereocenters. The maximum atomic E-state index is 12.1. The van der Waals surface area contributed by atoms with Gasteiger partial charge in [0.05, 0.1) is 6.04 Å². The third-order valence-corrected chi connectivity index (χ3v) is 3.80. The molecule has 0 bridgehead atoms. The number of benzene rings is 1. The van der Waals surface area contributed by atoms with Gasteiger partial charge in [0.1, 0.15) is 0 Å². The van der Waals surface area contributed by atoms with Crippen molar-refractivity contribution in [1.82, 2.24) is 5.32 Å². The van der Waals surface area contributed by atoms with Gasteiger partial charge in [0.15, 0.2) is 0 Å². The summed E-state index contributed by atoms with van der Waals surface area (Å²) in [6.45, 7) is 2.03. The van der Waals surface area contributed by atoms with Gasteiger partial charge in [0, 0.05) is 12.0 Å². The first-order valence-corrected chi connectivity index (χ1v) is 6.77. The molecule has 1 aromatic carbocycles. The molecule has 1 atom stereocenters. The van der Waals surface area contributed by atoms with E-state index < -0.39 is 0 Å². The monoisotopic (exact) mass is 282 g/mol. The summed E-state index contributed by atoms with van der Waals surface area (Å²) in [5.74, 6) is 0.328. The SMILES string of the molecule is C[C@@H](NC(=O)C1CCC(N)CC1)c1ccccc1.Cl. The minimum Gasteiger partial charge on any atom is -0.349 e. The van der Waals surface area contributed by atoms with E-state index in [9.17, 15) is 4.79 Å². The van der Waals surface area contributed by atoms with Crippen LogP contribution in [-0.4, -0.2) is 11.9 Å². The Kier molecular flexibility index (Phi) is 6.32. The average molecular weight is 283 g/mol. The van der Waals surface area contributed by atoms with Crippen LogP contribution in [0.3, 0.4) is 0 Å². The summed E-state index contributed by atoms with van der Waals surface area (Å²) in [5.41, 5.74) is 7.01. The van der Waals surface area contributed by atoms with Crippen molar-refractivity contribution in [2.24, 2.45) is 11.7 Å². The number of amides is 1. The van der Waals surface area contributed by atoms with E-state index in [1.807, 2.05) is 37.3 Å². The highest BCUT2D eigenvalue weighted by Crippen LogP contribution is 2.24. The van der Waals surface area contributed by atoms with Crippen molar-refractivity contribution in [3.05, 3.63) is 35.9 Å². The molecule has 0 spiro atoms. The number of hydrogen-bond acceptors (Lipinski definition) is 2. The van der Waals surface area contributed by atoms with Gasteiger partial charge in [-0.1, -0.05) is 30.3 Å². The minimum absolute atomic E-state index is 0. The topological polar surface area (TPSA) is 55.1 Å². The van der Waals surface area contributed by atoms with E-state index in [4.69, 9.17) is 5.73 Å². The molecule has 0 radical (unpaired) electrons. The number of nitrogens with two attached hydrogens (primary N) is 1. The van der Waals surface area contributed by atoms with Crippen LogP contribution in [0.4, 0.5) is 0 Å². The molecule has 106 valence electrons.